The van der Waals surface area contributed by atoms with Crippen LogP contribution in [0.15, 0.2) is 47.4 Å². The molecular formula is C18H14F3N3O3S. The van der Waals surface area contributed by atoms with E-state index < -0.39 is 38.3 Å². The average Bonchev–Trinajstić information content (AvgIpc) is 2.98. The SMILES string of the molecule is Cc1ccc(F)c(S(=O)(=O)NC(=O)c2cc(C)n(-c3ccc(F)cc3F)n2)c1. The van der Waals surface area contributed by atoms with Crippen LogP contribution in [0.2, 0.25) is 0 Å². The van der Waals surface area contributed by atoms with Crippen molar-refractivity contribution in [2.24, 2.45) is 0 Å². The average molecular weight is 409 g/mol. The van der Waals surface area contributed by atoms with E-state index in [0.717, 1.165) is 28.9 Å². The number of aromatic nitrogens is 2. The molecule has 0 aliphatic heterocycles. The van der Waals surface area contributed by atoms with Crippen molar-refractivity contribution in [3.05, 3.63) is 76.9 Å². The second kappa shape index (κ2) is 7.12. The number of rotatable bonds is 4. The van der Waals surface area contributed by atoms with Gasteiger partial charge in [-0.3, -0.25) is 4.79 Å². The Morgan fingerprint density at radius 3 is 2.39 bits per heavy atom. The lowest BCUT2D eigenvalue weighted by atomic mass is 10.2. The van der Waals surface area contributed by atoms with Gasteiger partial charge in [-0.2, -0.15) is 5.10 Å². The molecule has 0 bridgehead atoms. The van der Waals surface area contributed by atoms with Crippen molar-refractivity contribution in [1.82, 2.24) is 14.5 Å². The van der Waals surface area contributed by atoms with Crippen LogP contribution in [-0.2, 0) is 10.0 Å². The Morgan fingerprint density at radius 2 is 1.71 bits per heavy atom. The number of nitrogens with one attached hydrogen (secondary N) is 1. The first kappa shape index (κ1) is 19.6. The van der Waals surface area contributed by atoms with Crippen LogP contribution in [0.1, 0.15) is 21.7 Å². The van der Waals surface area contributed by atoms with Crippen LogP contribution in [0.5, 0.6) is 0 Å². The third kappa shape index (κ3) is 3.77. The van der Waals surface area contributed by atoms with Gasteiger partial charge in [0.25, 0.3) is 15.9 Å². The molecule has 0 unspecified atom stereocenters. The number of carbonyl (C=O) groups is 1. The molecule has 28 heavy (non-hydrogen) atoms. The molecule has 146 valence electrons. The smallest absolute Gasteiger partial charge is 0.266 e. The van der Waals surface area contributed by atoms with Gasteiger partial charge in [-0.1, -0.05) is 6.07 Å². The van der Waals surface area contributed by atoms with Crippen LogP contribution in [0.4, 0.5) is 13.2 Å². The van der Waals surface area contributed by atoms with E-state index in [1.165, 1.54) is 19.1 Å². The summed E-state index contributed by atoms with van der Waals surface area (Å²) in [5, 5.41) is 3.87. The molecule has 0 saturated heterocycles. The van der Waals surface area contributed by atoms with Crippen LogP contribution in [0.3, 0.4) is 0 Å². The molecule has 10 heteroatoms. The van der Waals surface area contributed by atoms with Crippen molar-refractivity contribution < 1.29 is 26.4 Å². The maximum atomic E-state index is 14.0. The van der Waals surface area contributed by atoms with Crippen LogP contribution in [-0.4, -0.2) is 24.1 Å². The van der Waals surface area contributed by atoms with Crippen LogP contribution >= 0.6 is 0 Å². The molecule has 3 aromatic rings. The number of amides is 1. The van der Waals surface area contributed by atoms with E-state index in [1.54, 1.807) is 11.6 Å². The molecule has 0 atom stereocenters. The predicted octanol–water partition coefficient (Wildman–Crippen LogP) is 3.03. The minimum Gasteiger partial charge on any atom is -0.266 e. The van der Waals surface area contributed by atoms with Gasteiger partial charge in [0.2, 0.25) is 0 Å². The number of hydrogen-bond donors (Lipinski definition) is 1. The van der Waals surface area contributed by atoms with Crippen molar-refractivity contribution in [3.8, 4) is 5.69 Å². The first-order valence-corrected chi connectivity index (χ1v) is 9.42. The Morgan fingerprint density at radius 1 is 1.00 bits per heavy atom. The lowest BCUT2D eigenvalue weighted by Gasteiger charge is -2.08. The summed E-state index contributed by atoms with van der Waals surface area (Å²) in [4.78, 5) is 11.6. The standard InChI is InChI=1S/C18H14F3N3O3S/c1-10-3-5-13(20)17(7-10)28(26,27)23-18(25)15-8-11(2)24(22-15)16-6-4-12(19)9-14(16)21/h3-9H,1-2H3,(H,23,25). The monoisotopic (exact) mass is 409 g/mol. The van der Waals surface area contributed by atoms with Crippen molar-refractivity contribution >= 4 is 15.9 Å². The van der Waals surface area contributed by atoms with E-state index >= 15 is 0 Å². The molecule has 1 amide bonds. The van der Waals surface area contributed by atoms with Gasteiger partial charge in [0.1, 0.15) is 22.2 Å². The molecule has 1 heterocycles. The van der Waals surface area contributed by atoms with Gasteiger partial charge in [0, 0.05) is 11.8 Å². The summed E-state index contributed by atoms with van der Waals surface area (Å²) in [5.41, 5.74) is 0.333. The third-order valence-electron chi connectivity index (χ3n) is 3.86. The third-order valence-corrected chi connectivity index (χ3v) is 5.21. The minimum absolute atomic E-state index is 0.120. The lowest BCUT2D eigenvalue weighted by molar-refractivity contribution is 0.0976. The highest BCUT2D eigenvalue weighted by Gasteiger charge is 2.24. The Hall–Kier alpha value is -3.14. The molecule has 2 aromatic carbocycles. The number of sulfonamides is 1. The van der Waals surface area contributed by atoms with Gasteiger partial charge < -0.3 is 0 Å². The number of aryl methyl sites for hydroxylation is 2. The van der Waals surface area contributed by atoms with E-state index in [-0.39, 0.29) is 11.4 Å². The van der Waals surface area contributed by atoms with Crippen LogP contribution in [0, 0.1) is 31.3 Å². The molecule has 0 saturated carbocycles. The van der Waals surface area contributed by atoms with Gasteiger partial charge in [-0.05, 0) is 49.7 Å². The maximum Gasteiger partial charge on any atom is 0.285 e. The van der Waals surface area contributed by atoms with E-state index in [2.05, 4.69) is 5.10 Å². The Balaban J connectivity index is 1.93. The summed E-state index contributed by atoms with van der Waals surface area (Å²) < 4.78 is 68.3. The Bertz CT molecular complexity index is 1190. The quantitative estimate of drug-likeness (QED) is 0.718. The molecule has 6 nitrogen and oxygen atoms in total. The fourth-order valence-electron chi connectivity index (χ4n) is 2.53. The number of nitrogens with zero attached hydrogens (tertiary/aromatic N) is 2. The normalized spacial score (nSPS) is 11.5. The minimum atomic E-state index is -4.49. The zero-order valence-corrected chi connectivity index (χ0v) is 15.5. The first-order valence-electron chi connectivity index (χ1n) is 7.94. The van der Waals surface area contributed by atoms with Crippen molar-refractivity contribution in [1.29, 1.82) is 0 Å². The fraction of sp³-hybridized carbons (Fsp3) is 0.111. The molecule has 0 radical (unpaired) electrons. The van der Waals surface area contributed by atoms with Gasteiger partial charge in [0.15, 0.2) is 11.5 Å². The zero-order chi connectivity index (χ0) is 20.6. The molecule has 1 aromatic heterocycles. The van der Waals surface area contributed by atoms with Crippen molar-refractivity contribution in [3.63, 3.8) is 0 Å². The number of benzene rings is 2. The summed E-state index contributed by atoms with van der Waals surface area (Å²) in [7, 11) is -4.49. The highest BCUT2D eigenvalue weighted by atomic mass is 32.2. The zero-order valence-electron chi connectivity index (χ0n) is 14.7. The summed E-state index contributed by atoms with van der Waals surface area (Å²) in [5.74, 6) is -3.82. The second-order valence-electron chi connectivity index (χ2n) is 6.05. The van der Waals surface area contributed by atoms with E-state index in [9.17, 15) is 26.4 Å². The predicted molar refractivity (Wildman–Crippen MR) is 94.0 cm³/mol. The summed E-state index contributed by atoms with van der Waals surface area (Å²) >= 11 is 0. The first-order chi connectivity index (χ1) is 13.1. The van der Waals surface area contributed by atoms with Gasteiger partial charge in [-0.15, -0.1) is 0 Å². The van der Waals surface area contributed by atoms with Crippen LogP contribution in [0.25, 0.3) is 5.69 Å². The van der Waals surface area contributed by atoms with E-state index in [0.29, 0.717) is 17.3 Å². The van der Waals surface area contributed by atoms with E-state index in [1.807, 2.05) is 0 Å². The largest absolute Gasteiger partial charge is 0.285 e. The second-order valence-corrected chi connectivity index (χ2v) is 7.70. The Labute approximate surface area is 158 Å². The van der Waals surface area contributed by atoms with E-state index in [4.69, 9.17) is 0 Å². The lowest BCUT2D eigenvalue weighted by Crippen LogP contribution is -2.31. The number of hydrogen-bond acceptors (Lipinski definition) is 4. The van der Waals surface area contributed by atoms with Gasteiger partial charge in [-0.25, -0.2) is 31.0 Å². The Kier molecular flexibility index (Phi) is 4.99. The number of halogens is 3. The molecule has 0 aliphatic carbocycles. The van der Waals surface area contributed by atoms with Gasteiger partial charge in [0.05, 0.1) is 0 Å². The molecule has 1 N–H and O–H groups in total. The molecular weight excluding hydrogens is 395 g/mol. The number of carbonyl (C=O) groups excluding carboxylic acids is 1. The summed E-state index contributed by atoms with van der Waals surface area (Å²) in [6, 6.07) is 7.47. The van der Waals surface area contributed by atoms with Crippen molar-refractivity contribution in [2.75, 3.05) is 0 Å². The topological polar surface area (TPSA) is 81.1 Å². The van der Waals surface area contributed by atoms with Crippen molar-refractivity contribution in [2.45, 2.75) is 18.7 Å². The summed E-state index contributed by atoms with van der Waals surface area (Å²) in [6.45, 7) is 3.07. The molecule has 0 aliphatic rings. The molecule has 3 rings (SSSR count). The highest BCUT2D eigenvalue weighted by Crippen LogP contribution is 2.19. The van der Waals surface area contributed by atoms with Gasteiger partial charge >= 0.3 is 0 Å². The molecule has 0 spiro atoms. The highest BCUT2D eigenvalue weighted by molar-refractivity contribution is 7.90. The molecule has 0 fully saturated rings. The maximum absolute atomic E-state index is 14.0. The fourth-order valence-corrected chi connectivity index (χ4v) is 3.65. The van der Waals surface area contributed by atoms with Crippen LogP contribution < -0.4 is 4.72 Å². The summed E-state index contributed by atoms with van der Waals surface area (Å²) in [6.07, 6.45) is 0.